The molecule has 0 heterocycles. The van der Waals surface area contributed by atoms with Crippen molar-refractivity contribution in [2.45, 2.75) is 32.0 Å². The third-order valence-corrected chi connectivity index (χ3v) is 5.59. The van der Waals surface area contributed by atoms with Gasteiger partial charge in [0.25, 0.3) is 0 Å². The van der Waals surface area contributed by atoms with Gasteiger partial charge in [0.05, 0.1) is 0 Å². The van der Waals surface area contributed by atoms with Crippen molar-refractivity contribution >= 4 is 25.6 Å². The molecule has 1 atom stereocenters. The number of para-hydroxylation sites is 1. The molecule has 0 radical (unpaired) electrons. The second-order valence-electron chi connectivity index (χ2n) is 4.48. The molecule has 0 aliphatic rings. The zero-order valence-corrected chi connectivity index (χ0v) is 13.1. The van der Waals surface area contributed by atoms with Crippen LogP contribution in [0.3, 0.4) is 0 Å². The van der Waals surface area contributed by atoms with Gasteiger partial charge in [-0.3, -0.25) is 0 Å². The lowest BCUT2D eigenvalue weighted by Crippen LogP contribution is -2.36. The van der Waals surface area contributed by atoms with E-state index in [2.05, 4.69) is 55.7 Å². The Morgan fingerprint density at radius 2 is 1.71 bits per heavy atom. The fourth-order valence-electron chi connectivity index (χ4n) is 1.63. The smallest absolute Gasteiger partial charge is 0.123 e. The van der Waals surface area contributed by atoms with Crippen molar-refractivity contribution in [3.63, 3.8) is 0 Å². The molecular formula is C11H21NSi2. The van der Waals surface area contributed by atoms with Crippen LogP contribution in [0.2, 0.25) is 5.16 Å². The van der Waals surface area contributed by atoms with Crippen LogP contribution in [0, 0.1) is 0 Å². The van der Waals surface area contributed by atoms with Gasteiger partial charge in [-0.2, -0.15) is 0 Å². The van der Waals surface area contributed by atoms with Crippen LogP contribution in [0.5, 0.6) is 0 Å². The Morgan fingerprint density at radius 1 is 1.14 bits per heavy atom. The molecule has 0 amide bonds. The van der Waals surface area contributed by atoms with E-state index >= 15 is 0 Å². The van der Waals surface area contributed by atoms with Gasteiger partial charge in [-0.05, 0) is 31.1 Å². The zero-order chi connectivity index (χ0) is 10.6. The average molecular weight is 223 g/mol. The summed E-state index contributed by atoms with van der Waals surface area (Å²) in [5, 5.41) is 0.984. The minimum atomic E-state index is -0.0906. The molecular weight excluding hydrogens is 202 g/mol. The monoisotopic (exact) mass is 223 g/mol. The molecule has 1 rings (SSSR count). The van der Waals surface area contributed by atoms with Crippen LogP contribution >= 0.6 is 0 Å². The first-order chi connectivity index (χ1) is 6.61. The normalized spacial score (nSPS) is 14.0. The highest BCUT2D eigenvalue weighted by Gasteiger charge is 2.11. The topological polar surface area (TPSA) is 3.24 Å². The lowest BCUT2D eigenvalue weighted by Gasteiger charge is -2.30. The summed E-state index contributed by atoms with van der Waals surface area (Å²) >= 11 is 0. The van der Waals surface area contributed by atoms with Gasteiger partial charge < -0.3 is 4.57 Å². The molecule has 78 valence electrons. The highest BCUT2D eigenvalue weighted by Crippen LogP contribution is 2.17. The van der Waals surface area contributed by atoms with Gasteiger partial charge in [0.15, 0.2) is 0 Å². The summed E-state index contributed by atoms with van der Waals surface area (Å²) in [6.45, 7) is 6.98. The van der Waals surface area contributed by atoms with Crippen LogP contribution in [0.15, 0.2) is 30.3 Å². The lowest BCUT2D eigenvalue weighted by atomic mass is 10.3. The number of hydrogen-bond donors (Lipinski definition) is 0. The first-order valence-electron chi connectivity index (χ1n) is 5.43. The number of benzene rings is 1. The zero-order valence-electron chi connectivity index (χ0n) is 9.70. The first-order valence-corrected chi connectivity index (χ1v) is 8.03. The standard InChI is InChI=1S/C11H21NSi2/c1-9(2)12(14-10(3)13)11-7-5-4-6-8-11/h4-10H,14H2,1-3,13H3. The molecule has 0 N–H and O–H groups in total. The van der Waals surface area contributed by atoms with Gasteiger partial charge in [0.2, 0.25) is 0 Å². The third kappa shape index (κ3) is 3.31. The van der Waals surface area contributed by atoms with E-state index in [1.54, 1.807) is 0 Å². The molecule has 0 spiro atoms. The second kappa shape index (κ2) is 5.36. The Balaban J connectivity index is 2.78. The molecule has 1 unspecified atom stereocenters. The quantitative estimate of drug-likeness (QED) is 0.692. The van der Waals surface area contributed by atoms with Gasteiger partial charge >= 0.3 is 0 Å². The van der Waals surface area contributed by atoms with Crippen molar-refractivity contribution in [3.05, 3.63) is 30.3 Å². The molecule has 0 aliphatic carbocycles. The summed E-state index contributed by atoms with van der Waals surface area (Å²) in [5.74, 6) is 0. The number of hydrogen-bond acceptors (Lipinski definition) is 1. The maximum Gasteiger partial charge on any atom is 0.123 e. The fraction of sp³-hybridized carbons (Fsp3) is 0.455. The largest absolute Gasteiger partial charge is 0.401 e. The number of anilines is 1. The minimum Gasteiger partial charge on any atom is -0.401 e. The van der Waals surface area contributed by atoms with E-state index in [0.717, 1.165) is 5.16 Å². The van der Waals surface area contributed by atoms with E-state index in [0.29, 0.717) is 6.04 Å². The highest BCUT2D eigenvalue weighted by molar-refractivity contribution is 6.53. The van der Waals surface area contributed by atoms with Gasteiger partial charge in [-0.25, -0.2) is 0 Å². The van der Waals surface area contributed by atoms with Crippen molar-refractivity contribution in [3.8, 4) is 0 Å². The van der Waals surface area contributed by atoms with Crippen molar-refractivity contribution in [2.75, 3.05) is 4.57 Å². The Hall–Kier alpha value is -0.546. The van der Waals surface area contributed by atoms with Crippen LogP contribution in [0.1, 0.15) is 20.8 Å². The minimum absolute atomic E-state index is 0.0906. The van der Waals surface area contributed by atoms with Gasteiger partial charge in [0, 0.05) is 22.0 Å². The van der Waals surface area contributed by atoms with Crippen LogP contribution < -0.4 is 4.57 Å². The van der Waals surface area contributed by atoms with Crippen molar-refractivity contribution < 1.29 is 0 Å². The van der Waals surface area contributed by atoms with Crippen molar-refractivity contribution in [1.29, 1.82) is 0 Å². The van der Waals surface area contributed by atoms with Gasteiger partial charge in [-0.1, -0.05) is 25.1 Å². The molecule has 0 saturated heterocycles. The second-order valence-corrected chi connectivity index (χ2v) is 10.8. The highest BCUT2D eigenvalue weighted by atomic mass is 28.3. The average Bonchev–Trinajstić information content (AvgIpc) is 2.15. The van der Waals surface area contributed by atoms with Crippen molar-refractivity contribution in [2.24, 2.45) is 0 Å². The number of nitrogens with zero attached hydrogens (tertiary/aromatic N) is 1. The van der Waals surface area contributed by atoms with E-state index < -0.39 is 0 Å². The number of rotatable bonds is 4. The van der Waals surface area contributed by atoms with Crippen LogP contribution in [0.25, 0.3) is 0 Å². The Labute approximate surface area is 92.8 Å². The summed E-state index contributed by atoms with van der Waals surface area (Å²) in [6.07, 6.45) is 0. The van der Waals surface area contributed by atoms with E-state index in [-0.39, 0.29) is 9.68 Å². The van der Waals surface area contributed by atoms with Crippen LogP contribution in [-0.2, 0) is 0 Å². The molecule has 0 bridgehead atoms. The summed E-state index contributed by atoms with van der Waals surface area (Å²) in [7, 11) is 1.24. The van der Waals surface area contributed by atoms with E-state index in [1.807, 2.05) is 0 Å². The third-order valence-electron chi connectivity index (χ3n) is 2.27. The van der Waals surface area contributed by atoms with E-state index in [1.165, 1.54) is 15.9 Å². The molecule has 0 aliphatic heterocycles. The summed E-state index contributed by atoms with van der Waals surface area (Å²) < 4.78 is 2.62. The summed E-state index contributed by atoms with van der Waals surface area (Å²) in [6, 6.07) is 11.5. The Morgan fingerprint density at radius 3 is 2.14 bits per heavy atom. The Kier molecular flexibility index (Phi) is 4.42. The van der Waals surface area contributed by atoms with Crippen LogP contribution in [0.4, 0.5) is 5.69 Å². The molecule has 1 aromatic carbocycles. The maximum atomic E-state index is 2.62. The first kappa shape index (κ1) is 11.5. The molecule has 1 nitrogen and oxygen atoms in total. The molecule has 0 saturated carbocycles. The fourth-order valence-corrected chi connectivity index (χ4v) is 4.44. The summed E-state index contributed by atoms with van der Waals surface area (Å²) in [4.78, 5) is 0. The van der Waals surface area contributed by atoms with Crippen LogP contribution in [-0.4, -0.2) is 26.0 Å². The van der Waals surface area contributed by atoms with Crippen molar-refractivity contribution in [1.82, 2.24) is 0 Å². The molecule has 14 heavy (non-hydrogen) atoms. The molecule has 1 aromatic rings. The lowest BCUT2D eigenvalue weighted by molar-refractivity contribution is 0.818. The van der Waals surface area contributed by atoms with E-state index in [4.69, 9.17) is 0 Å². The predicted octanol–water partition coefficient (Wildman–Crippen LogP) is 1.12. The summed E-state index contributed by atoms with van der Waals surface area (Å²) in [5.41, 5.74) is 1.41. The van der Waals surface area contributed by atoms with E-state index in [9.17, 15) is 0 Å². The maximum absolute atomic E-state index is 2.62. The van der Waals surface area contributed by atoms with Gasteiger partial charge in [-0.15, -0.1) is 0 Å². The molecule has 0 aromatic heterocycles. The van der Waals surface area contributed by atoms with Gasteiger partial charge in [0.1, 0.15) is 9.68 Å². The molecule has 3 heteroatoms. The Bertz CT molecular complexity index is 259. The molecule has 0 fully saturated rings. The SMILES string of the molecule is CC([SiH3])[SiH2]N(c1ccccc1)C(C)C. The predicted molar refractivity (Wildman–Crippen MR) is 72.0 cm³/mol.